The summed E-state index contributed by atoms with van der Waals surface area (Å²) in [6, 6.07) is 14.4. The Balaban J connectivity index is 1.74. The first-order chi connectivity index (χ1) is 10.8. The summed E-state index contributed by atoms with van der Waals surface area (Å²) >= 11 is 0. The van der Waals surface area contributed by atoms with E-state index in [2.05, 4.69) is 9.97 Å². The van der Waals surface area contributed by atoms with E-state index in [0.717, 1.165) is 22.4 Å². The number of aromatic nitrogens is 4. The zero-order valence-corrected chi connectivity index (χ0v) is 11.7. The van der Waals surface area contributed by atoms with Crippen LogP contribution in [-0.4, -0.2) is 19.1 Å². The Morgan fingerprint density at radius 3 is 2.77 bits per heavy atom. The van der Waals surface area contributed by atoms with Crippen molar-refractivity contribution in [2.75, 3.05) is 0 Å². The second-order valence-electron chi connectivity index (χ2n) is 5.08. The Morgan fingerprint density at radius 1 is 0.955 bits per heavy atom. The molecule has 0 bridgehead atoms. The molecule has 0 saturated carbocycles. The Morgan fingerprint density at radius 2 is 1.86 bits per heavy atom. The van der Waals surface area contributed by atoms with E-state index in [1.165, 1.54) is 12.1 Å². The van der Waals surface area contributed by atoms with Crippen LogP contribution in [0.15, 0.2) is 67.3 Å². The summed E-state index contributed by atoms with van der Waals surface area (Å²) in [5.41, 5.74) is 2.77. The Hall–Kier alpha value is -2.95. The van der Waals surface area contributed by atoms with Crippen molar-refractivity contribution in [2.24, 2.45) is 0 Å². The quantitative estimate of drug-likeness (QED) is 0.579. The molecule has 2 heterocycles. The number of fused-ring (bicyclic) bond motifs is 1. The van der Waals surface area contributed by atoms with Gasteiger partial charge in [0.25, 0.3) is 0 Å². The summed E-state index contributed by atoms with van der Waals surface area (Å²) < 4.78 is 17.4. The zero-order valence-electron chi connectivity index (χ0n) is 11.7. The monoisotopic (exact) mass is 292 g/mol. The summed E-state index contributed by atoms with van der Waals surface area (Å²) in [6.45, 7) is 0.576. The minimum atomic E-state index is -0.264. The SMILES string of the molecule is Fc1cccc(-c2nccn2Cn2cnc3ccccc32)c1. The molecule has 0 aliphatic carbocycles. The van der Waals surface area contributed by atoms with E-state index in [-0.39, 0.29) is 5.82 Å². The van der Waals surface area contributed by atoms with Gasteiger partial charge in [0, 0.05) is 18.0 Å². The van der Waals surface area contributed by atoms with Crippen molar-refractivity contribution in [3.8, 4) is 11.4 Å². The minimum Gasteiger partial charge on any atom is -0.312 e. The minimum absolute atomic E-state index is 0.264. The van der Waals surface area contributed by atoms with Crippen molar-refractivity contribution in [1.29, 1.82) is 0 Å². The van der Waals surface area contributed by atoms with Gasteiger partial charge >= 0.3 is 0 Å². The van der Waals surface area contributed by atoms with E-state index in [9.17, 15) is 4.39 Å². The zero-order chi connectivity index (χ0) is 14.9. The van der Waals surface area contributed by atoms with Crippen molar-refractivity contribution < 1.29 is 4.39 Å². The standard InChI is InChI=1S/C17H13FN4/c18-14-5-3-4-13(10-14)17-19-8-9-21(17)12-22-11-20-15-6-1-2-7-16(15)22/h1-11H,12H2. The fourth-order valence-electron chi connectivity index (χ4n) is 2.60. The number of hydrogen-bond acceptors (Lipinski definition) is 2. The maximum absolute atomic E-state index is 13.4. The van der Waals surface area contributed by atoms with Gasteiger partial charge in [0.05, 0.1) is 17.4 Å². The molecule has 0 saturated heterocycles. The van der Waals surface area contributed by atoms with Crippen LogP contribution in [0.5, 0.6) is 0 Å². The lowest BCUT2D eigenvalue weighted by Gasteiger charge is -2.10. The molecule has 0 amide bonds. The summed E-state index contributed by atoms with van der Waals surface area (Å²) in [4.78, 5) is 8.74. The van der Waals surface area contributed by atoms with Crippen molar-refractivity contribution in [2.45, 2.75) is 6.67 Å². The number of para-hydroxylation sites is 2. The number of hydrogen-bond donors (Lipinski definition) is 0. The summed E-state index contributed by atoms with van der Waals surface area (Å²) in [5, 5.41) is 0. The van der Waals surface area contributed by atoms with Gasteiger partial charge in [-0.05, 0) is 24.3 Å². The van der Waals surface area contributed by atoms with Crippen LogP contribution in [0, 0.1) is 5.82 Å². The average Bonchev–Trinajstić information content (AvgIpc) is 3.15. The predicted molar refractivity (Wildman–Crippen MR) is 82.8 cm³/mol. The van der Waals surface area contributed by atoms with E-state index in [1.807, 2.05) is 45.7 Å². The lowest BCUT2D eigenvalue weighted by molar-refractivity contribution is 0.621. The van der Waals surface area contributed by atoms with Gasteiger partial charge in [-0.3, -0.25) is 0 Å². The molecule has 0 N–H and O–H groups in total. The fourth-order valence-corrected chi connectivity index (χ4v) is 2.60. The molecule has 5 heteroatoms. The molecular weight excluding hydrogens is 279 g/mol. The third kappa shape index (κ3) is 2.16. The first-order valence-electron chi connectivity index (χ1n) is 6.98. The molecule has 0 atom stereocenters. The molecule has 0 fully saturated rings. The number of benzene rings is 2. The van der Waals surface area contributed by atoms with Crippen LogP contribution in [0.3, 0.4) is 0 Å². The van der Waals surface area contributed by atoms with E-state index in [0.29, 0.717) is 6.67 Å². The molecule has 2 aromatic heterocycles. The number of halogens is 1. The molecule has 4 nitrogen and oxygen atoms in total. The highest BCUT2D eigenvalue weighted by atomic mass is 19.1. The van der Waals surface area contributed by atoms with Crippen LogP contribution < -0.4 is 0 Å². The van der Waals surface area contributed by atoms with E-state index >= 15 is 0 Å². The molecule has 0 aliphatic rings. The normalized spacial score (nSPS) is 11.1. The second-order valence-corrected chi connectivity index (χ2v) is 5.08. The van der Waals surface area contributed by atoms with Crippen molar-refractivity contribution in [1.82, 2.24) is 19.1 Å². The molecule has 0 radical (unpaired) electrons. The van der Waals surface area contributed by atoms with Gasteiger partial charge in [-0.1, -0.05) is 24.3 Å². The molecule has 4 aromatic rings. The van der Waals surface area contributed by atoms with Gasteiger partial charge in [-0.25, -0.2) is 14.4 Å². The molecule has 4 rings (SSSR count). The Bertz CT molecular complexity index is 938. The van der Waals surface area contributed by atoms with Crippen molar-refractivity contribution >= 4 is 11.0 Å². The maximum atomic E-state index is 13.4. The maximum Gasteiger partial charge on any atom is 0.141 e. The van der Waals surface area contributed by atoms with E-state index in [4.69, 9.17) is 0 Å². The first kappa shape index (κ1) is 12.8. The van der Waals surface area contributed by atoms with Crippen LogP contribution >= 0.6 is 0 Å². The lowest BCUT2D eigenvalue weighted by Crippen LogP contribution is -2.07. The third-order valence-corrected chi connectivity index (χ3v) is 3.63. The van der Waals surface area contributed by atoms with Crippen LogP contribution in [0.1, 0.15) is 0 Å². The number of rotatable bonds is 3. The molecule has 0 unspecified atom stereocenters. The molecule has 2 aromatic carbocycles. The topological polar surface area (TPSA) is 35.6 Å². The fraction of sp³-hybridized carbons (Fsp3) is 0.0588. The van der Waals surface area contributed by atoms with Crippen LogP contribution in [0.4, 0.5) is 4.39 Å². The molecule has 0 spiro atoms. The summed E-state index contributed by atoms with van der Waals surface area (Å²) in [6.07, 6.45) is 5.41. The average molecular weight is 292 g/mol. The highest BCUT2D eigenvalue weighted by Gasteiger charge is 2.08. The molecular formula is C17H13FN4. The van der Waals surface area contributed by atoms with Gasteiger partial charge in [-0.2, -0.15) is 0 Å². The van der Waals surface area contributed by atoms with Gasteiger partial charge in [0.2, 0.25) is 0 Å². The first-order valence-corrected chi connectivity index (χ1v) is 6.98. The van der Waals surface area contributed by atoms with Gasteiger partial charge in [0.1, 0.15) is 18.3 Å². The van der Waals surface area contributed by atoms with Gasteiger partial charge in [-0.15, -0.1) is 0 Å². The van der Waals surface area contributed by atoms with Gasteiger partial charge < -0.3 is 9.13 Å². The third-order valence-electron chi connectivity index (χ3n) is 3.63. The largest absolute Gasteiger partial charge is 0.312 e. The smallest absolute Gasteiger partial charge is 0.141 e. The van der Waals surface area contributed by atoms with Crippen LogP contribution in [0.25, 0.3) is 22.4 Å². The summed E-state index contributed by atoms with van der Waals surface area (Å²) in [7, 11) is 0. The predicted octanol–water partition coefficient (Wildman–Crippen LogP) is 3.54. The molecule has 108 valence electrons. The summed E-state index contributed by atoms with van der Waals surface area (Å²) in [5.74, 6) is 0.470. The second kappa shape index (κ2) is 5.11. The van der Waals surface area contributed by atoms with Crippen molar-refractivity contribution in [3.63, 3.8) is 0 Å². The van der Waals surface area contributed by atoms with E-state index in [1.54, 1.807) is 18.6 Å². The number of imidazole rings is 2. The Labute approximate surface area is 126 Å². The van der Waals surface area contributed by atoms with E-state index < -0.39 is 0 Å². The lowest BCUT2D eigenvalue weighted by atomic mass is 10.2. The van der Waals surface area contributed by atoms with Gasteiger partial charge in [0.15, 0.2) is 0 Å². The molecule has 0 aliphatic heterocycles. The number of nitrogens with zero attached hydrogens (tertiary/aromatic N) is 4. The Kier molecular flexibility index (Phi) is 2.96. The van der Waals surface area contributed by atoms with Crippen molar-refractivity contribution in [3.05, 3.63) is 73.1 Å². The van der Waals surface area contributed by atoms with Crippen LogP contribution in [0.2, 0.25) is 0 Å². The highest BCUT2D eigenvalue weighted by molar-refractivity contribution is 5.74. The highest BCUT2D eigenvalue weighted by Crippen LogP contribution is 2.19. The molecule has 22 heavy (non-hydrogen) atoms. The van der Waals surface area contributed by atoms with Crippen LogP contribution in [-0.2, 0) is 6.67 Å².